The van der Waals surface area contributed by atoms with Gasteiger partial charge in [0.15, 0.2) is 0 Å². The predicted molar refractivity (Wildman–Crippen MR) is 129 cm³/mol. The van der Waals surface area contributed by atoms with Crippen molar-refractivity contribution in [1.29, 1.82) is 0 Å². The molecule has 8 nitrogen and oxygen atoms in total. The van der Waals surface area contributed by atoms with Crippen LogP contribution < -0.4 is 5.32 Å². The summed E-state index contributed by atoms with van der Waals surface area (Å²) in [7, 11) is 0. The van der Waals surface area contributed by atoms with Gasteiger partial charge in [0, 0.05) is 28.6 Å². The van der Waals surface area contributed by atoms with Gasteiger partial charge in [0.2, 0.25) is 11.8 Å². The molecule has 1 aromatic heterocycles. The largest absolute Gasteiger partial charge is 0.494 e. The summed E-state index contributed by atoms with van der Waals surface area (Å²) in [5, 5.41) is 31.8. The van der Waals surface area contributed by atoms with Crippen LogP contribution in [0.2, 0.25) is 0 Å². The number of rotatable bonds is 7. The molecule has 8 heteroatoms. The molecule has 1 heterocycles. The molecule has 0 aliphatic carbocycles. The molecule has 3 N–H and O–H groups in total. The third-order valence-corrected chi connectivity index (χ3v) is 5.47. The van der Waals surface area contributed by atoms with E-state index < -0.39 is 11.8 Å². The van der Waals surface area contributed by atoms with Crippen molar-refractivity contribution in [3.05, 3.63) is 89.5 Å². The second kappa shape index (κ2) is 9.99. The lowest BCUT2D eigenvalue weighted by Crippen LogP contribution is -2.11. The molecule has 4 aromatic rings. The minimum Gasteiger partial charge on any atom is -0.494 e. The van der Waals surface area contributed by atoms with Crippen molar-refractivity contribution in [1.82, 2.24) is 4.57 Å². The molecule has 2 amide bonds. The third kappa shape index (κ3) is 5.12. The topological polar surface area (TPSA) is 116 Å². The van der Waals surface area contributed by atoms with Gasteiger partial charge in [-0.2, -0.15) is 0 Å². The van der Waals surface area contributed by atoms with Crippen LogP contribution in [-0.4, -0.2) is 33.1 Å². The maximum Gasteiger partial charge on any atom is 0.295 e. The highest BCUT2D eigenvalue weighted by atomic mass is 16.3. The number of hydrogen-bond acceptors (Lipinski definition) is 5. The maximum atomic E-state index is 12.4. The molecule has 0 fully saturated rings. The van der Waals surface area contributed by atoms with Crippen LogP contribution in [0.15, 0.2) is 83.0 Å². The summed E-state index contributed by atoms with van der Waals surface area (Å²) < 4.78 is 1.40. The second-order valence-electron chi connectivity index (χ2n) is 7.91. The fraction of sp³-hybridized carbons (Fsp3) is 0.154. The number of benzene rings is 3. The fourth-order valence-electron chi connectivity index (χ4n) is 3.59. The van der Waals surface area contributed by atoms with E-state index in [0.29, 0.717) is 23.7 Å². The normalized spacial score (nSPS) is 11.2. The monoisotopic (exact) mass is 456 g/mol. The van der Waals surface area contributed by atoms with Crippen molar-refractivity contribution in [2.45, 2.75) is 19.9 Å². The number of aromatic nitrogens is 1. The zero-order valence-electron chi connectivity index (χ0n) is 18.6. The van der Waals surface area contributed by atoms with Gasteiger partial charge in [-0.1, -0.05) is 48.0 Å². The van der Waals surface area contributed by atoms with Crippen LogP contribution in [-0.2, 0) is 17.8 Å². The summed E-state index contributed by atoms with van der Waals surface area (Å²) in [5.74, 6) is -1.54. The Kier molecular flexibility index (Phi) is 6.68. The number of nitrogens with one attached hydrogen (secondary N) is 1. The van der Waals surface area contributed by atoms with Gasteiger partial charge in [-0.25, -0.2) is 0 Å². The number of hydrogen-bond donors (Lipinski definition) is 3. The van der Waals surface area contributed by atoms with Gasteiger partial charge in [-0.05, 0) is 49.2 Å². The molecule has 172 valence electrons. The first-order valence-corrected chi connectivity index (χ1v) is 10.8. The molecule has 0 atom stereocenters. The van der Waals surface area contributed by atoms with Crippen LogP contribution in [0, 0.1) is 6.92 Å². The number of aryl methyl sites for hydroxylation is 2. The molecule has 34 heavy (non-hydrogen) atoms. The fourth-order valence-corrected chi connectivity index (χ4v) is 3.59. The van der Waals surface area contributed by atoms with Crippen molar-refractivity contribution in [3.63, 3.8) is 0 Å². The van der Waals surface area contributed by atoms with Crippen molar-refractivity contribution in [3.8, 4) is 11.8 Å². The number of amides is 2. The lowest BCUT2D eigenvalue weighted by atomic mass is 10.1. The molecule has 4 rings (SSSR count). The van der Waals surface area contributed by atoms with Crippen molar-refractivity contribution >= 4 is 28.3 Å². The number of azo groups is 1. The molecule has 0 saturated heterocycles. The number of nitrogens with zero attached hydrogens (tertiary/aromatic N) is 3. The summed E-state index contributed by atoms with van der Waals surface area (Å²) >= 11 is 0. The quantitative estimate of drug-likeness (QED) is 0.344. The van der Waals surface area contributed by atoms with Crippen molar-refractivity contribution in [2.24, 2.45) is 10.2 Å². The summed E-state index contributed by atoms with van der Waals surface area (Å²) in [6.07, 6.45) is 0.613. The highest BCUT2D eigenvalue weighted by Gasteiger charge is 2.18. The van der Waals surface area contributed by atoms with Gasteiger partial charge in [0.05, 0.1) is 6.54 Å². The average Bonchev–Trinajstić information content (AvgIpc) is 3.10. The van der Waals surface area contributed by atoms with Crippen LogP contribution in [0.3, 0.4) is 0 Å². The average molecular weight is 457 g/mol. The smallest absolute Gasteiger partial charge is 0.295 e. The van der Waals surface area contributed by atoms with Crippen molar-refractivity contribution < 1.29 is 19.8 Å². The Morgan fingerprint density at radius 2 is 1.59 bits per heavy atom. The molecule has 0 aliphatic rings. The summed E-state index contributed by atoms with van der Waals surface area (Å²) in [5.41, 5.74) is 3.07. The predicted octanol–water partition coefficient (Wildman–Crippen LogP) is 4.83. The molecule has 0 bridgehead atoms. The van der Waals surface area contributed by atoms with E-state index in [-0.39, 0.29) is 23.9 Å². The summed E-state index contributed by atoms with van der Waals surface area (Å²) in [4.78, 5) is 24.4. The summed E-state index contributed by atoms with van der Waals surface area (Å²) in [6.45, 7) is 2.23. The zero-order chi connectivity index (χ0) is 24.1. The number of carbonyl (C=O) groups excluding carboxylic acids is 2. The highest BCUT2D eigenvalue weighted by Crippen LogP contribution is 2.37. The molecule has 0 spiro atoms. The summed E-state index contributed by atoms with van der Waals surface area (Å²) in [6, 6.07) is 21.7. The van der Waals surface area contributed by atoms with Gasteiger partial charge in [-0.15, -0.1) is 10.2 Å². The third-order valence-electron chi connectivity index (χ3n) is 5.47. The Morgan fingerprint density at radius 3 is 2.32 bits per heavy atom. The van der Waals surface area contributed by atoms with Crippen LogP contribution >= 0.6 is 0 Å². The van der Waals surface area contributed by atoms with Crippen LogP contribution in [0.4, 0.5) is 5.69 Å². The highest BCUT2D eigenvalue weighted by molar-refractivity contribution is 6.02. The maximum absolute atomic E-state index is 12.4. The first-order chi connectivity index (χ1) is 16.4. The standard InChI is InChI=1S/C26H24N4O4/c1-17-7-10-20(11-8-17)27-16-23(31)28-29-24(32)19-9-12-21-22(15-19)26(34)30(25(21)33)14-13-18-5-3-2-4-6-18/h2-12,15,27,33-34H,13-14,16H2,1H3. The van der Waals surface area contributed by atoms with E-state index in [1.807, 2.05) is 61.5 Å². The second-order valence-corrected chi connectivity index (χ2v) is 7.91. The van der Waals surface area contributed by atoms with Crippen LogP contribution in [0.1, 0.15) is 21.5 Å². The van der Waals surface area contributed by atoms with Gasteiger partial charge < -0.3 is 15.5 Å². The molecular formula is C26H24N4O4. The van der Waals surface area contributed by atoms with Gasteiger partial charge >= 0.3 is 0 Å². The van der Waals surface area contributed by atoms with E-state index in [0.717, 1.165) is 16.8 Å². The Balaban J connectivity index is 1.44. The SMILES string of the molecule is Cc1ccc(NCC(=O)N=NC(=O)c2ccc3c(O)n(CCc4ccccc4)c(O)c3c2)cc1. The van der Waals surface area contributed by atoms with Gasteiger partial charge in [0.25, 0.3) is 11.8 Å². The van der Waals surface area contributed by atoms with E-state index >= 15 is 0 Å². The van der Waals surface area contributed by atoms with E-state index in [1.54, 1.807) is 0 Å². The number of fused-ring (bicyclic) bond motifs is 1. The Bertz CT molecular complexity index is 1360. The number of anilines is 1. The lowest BCUT2D eigenvalue weighted by molar-refractivity contribution is -0.116. The number of carbonyl (C=O) groups is 2. The Hall–Kier alpha value is -4.46. The van der Waals surface area contributed by atoms with E-state index in [1.165, 1.54) is 22.8 Å². The van der Waals surface area contributed by atoms with Gasteiger partial charge in [-0.3, -0.25) is 14.2 Å². The minimum absolute atomic E-state index is 0.0820. The Labute approximate surface area is 196 Å². The van der Waals surface area contributed by atoms with Crippen LogP contribution in [0.25, 0.3) is 10.8 Å². The zero-order valence-corrected chi connectivity index (χ0v) is 18.6. The molecule has 0 aliphatic heterocycles. The van der Waals surface area contributed by atoms with E-state index in [4.69, 9.17) is 0 Å². The van der Waals surface area contributed by atoms with Gasteiger partial charge in [0.1, 0.15) is 0 Å². The number of aromatic hydroxyl groups is 2. The molecule has 0 saturated carbocycles. The molecular weight excluding hydrogens is 432 g/mol. The molecule has 0 unspecified atom stereocenters. The minimum atomic E-state index is -0.721. The van der Waals surface area contributed by atoms with E-state index in [2.05, 4.69) is 15.5 Å². The first-order valence-electron chi connectivity index (χ1n) is 10.8. The first kappa shape index (κ1) is 22.7. The molecule has 0 radical (unpaired) electrons. The van der Waals surface area contributed by atoms with Crippen molar-refractivity contribution in [2.75, 3.05) is 11.9 Å². The van der Waals surface area contributed by atoms with E-state index in [9.17, 15) is 19.8 Å². The molecule has 3 aromatic carbocycles. The van der Waals surface area contributed by atoms with Crippen LogP contribution in [0.5, 0.6) is 11.8 Å². The Morgan fingerprint density at radius 1 is 0.882 bits per heavy atom. The lowest BCUT2D eigenvalue weighted by Gasteiger charge is -2.06.